The SMILES string of the molecule is NCC1(COc2c(N)ccc(F)c2F)CCCC1. The number of benzene rings is 1. The van der Waals surface area contributed by atoms with Gasteiger partial charge in [0.2, 0.25) is 5.82 Å². The van der Waals surface area contributed by atoms with Crippen LogP contribution in [0, 0.1) is 17.0 Å². The number of rotatable bonds is 4. The summed E-state index contributed by atoms with van der Waals surface area (Å²) in [4.78, 5) is 0. The van der Waals surface area contributed by atoms with Gasteiger partial charge in [-0.3, -0.25) is 0 Å². The van der Waals surface area contributed by atoms with Crippen LogP contribution in [0.3, 0.4) is 0 Å². The Labute approximate surface area is 105 Å². The second kappa shape index (κ2) is 5.10. The monoisotopic (exact) mass is 256 g/mol. The van der Waals surface area contributed by atoms with Crippen molar-refractivity contribution >= 4 is 5.69 Å². The molecule has 0 aromatic heterocycles. The quantitative estimate of drug-likeness (QED) is 0.813. The second-order valence-electron chi connectivity index (χ2n) is 4.98. The van der Waals surface area contributed by atoms with Crippen LogP contribution in [-0.4, -0.2) is 13.2 Å². The van der Waals surface area contributed by atoms with Gasteiger partial charge in [0.05, 0.1) is 12.3 Å². The summed E-state index contributed by atoms with van der Waals surface area (Å²) < 4.78 is 32.1. The van der Waals surface area contributed by atoms with Crippen molar-refractivity contribution in [3.05, 3.63) is 23.8 Å². The fourth-order valence-corrected chi connectivity index (χ4v) is 2.45. The maximum Gasteiger partial charge on any atom is 0.202 e. The van der Waals surface area contributed by atoms with Crippen molar-refractivity contribution in [3.8, 4) is 5.75 Å². The molecule has 0 heterocycles. The Morgan fingerprint density at radius 1 is 1.22 bits per heavy atom. The summed E-state index contributed by atoms with van der Waals surface area (Å²) in [5, 5.41) is 0. The summed E-state index contributed by atoms with van der Waals surface area (Å²) in [6, 6.07) is 2.29. The van der Waals surface area contributed by atoms with E-state index in [4.69, 9.17) is 16.2 Å². The van der Waals surface area contributed by atoms with Gasteiger partial charge in [0, 0.05) is 12.0 Å². The molecule has 0 atom stereocenters. The van der Waals surface area contributed by atoms with Gasteiger partial charge in [0.25, 0.3) is 0 Å². The molecule has 1 aliphatic rings. The highest BCUT2D eigenvalue weighted by atomic mass is 19.2. The number of hydrogen-bond donors (Lipinski definition) is 2. The van der Waals surface area contributed by atoms with Gasteiger partial charge >= 0.3 is 0 Å². The highest BCUT2D eigenvalue weighted by Crippen LogP contribution is 2.38. The van der Waals surface area contributed by atoms with Crippen LogP contribution in [0.1, 0.15) is 25.7 Å². The van der Waals surface area contributed by atoms with Crippen LogP contribution in [0.4, 0.5) is 14.5 Å². The predicted octanol–water partition coefficient (Wildman–Crippen LogP) is 2.44. The molecule has 0 saturated heterocycles. The minimum absolute atomic E-state index is 0.110. The Kier molecular flexibility index (Phi) is 3.71. The van der Waals surface area contributed by atoms with Gasteiger partial charge in [-0.25, -0.2) is 4.39 Å². The second-order valence-corrected chi connectivity index (χ2v) is 4.98. The van der Waals surface area contributed by atoms with Crippen molar-refractivity contribution in [1.29, 1.82) is 0 Å². The van der Waals surface area contributed by atoms with Crippen LogP contribution in [0.25, 0.3) is 0 Å². The number of ether oxygens (including phenoxy) is 1. The van der Waals surface area contributed by atoms with Crippen molar-refractivity contribution < 1.29 is 13.5 Å². The Morgan fingerprint density at radius 3 is 2.50 bits per heavy atom. The zero-order valence-electron chi connectivity index (χ0n) is 10.2. The molecule has 1 saturated carbocycles. The molecular weight excluding hydrogens is 238 g/mol. The van der Waals surface area contributed by atoms with E-state index in [1.165, 1.54) is 6.07 Å². The van der Waals surface area contributed by atoms with Gasteiger partial charge in [-0.15, -0.1) is 0 Å². The molecule has 1 fully saturated rings. The van der Waals surface area contributed by atoms with Crippen LogP contribution in [-0.2, 0) is 0 Å². The van der Waals surface area contributed by atoms with Gasteiger partial charge in [0.1, 0.15) is 0 Å². The van der Waals surface area contributed by atoms with E-state index in [0.29, 0.717) is 6.54 Å². The van der Waals surface area contributed by atoms with Crippen molar-refractivity contribution in [3.63, 3.8) is 0 Å². The highest BCUT2D eigenvalue weighted by molar-refractivity contribution is 5.53. The van der Waals surface area contributed by atoms with Crippen LogP contribution >= 0.6 is 0 Å². The molecule has 1 aromatic rings. The minimum atomic E-state index is -1.03. The Hall–Kier alpha value is -1.36. The first-order valence-corrected chi connectivity index (χ1v) is 6.14. The molecule has 0 radical (unpaired) electrons. The molecule has 0 aliphatic heterocycles. The Balaban J connectivity index is 2.12. The predicted molar refractivity (Wildman–Crippen MR) is 66.2 cm³/mol. The van der Waals surface area contributed by atoms with Crippen molar-refractivity contribution in [1.82, 2.24) is 0 Å². The Morgan fingerprint density at radius 2 is 1.89 bits per heavy atom. The number of nitrogen functional groups attached to an aromatic ring is 1. The lowest BCUT2D eigenvalue weighted by atomic mass is 9.87. The zero-order chi connectivity index (χ0) is 13.2. The number of anilines is 1. The first-order chi connectivity index (χ1) is 8.58. The molecule has 18 heavy (non-hydrogen) atoms. The van der Waals surface area contributed by atoms with Crippen LogP contribution in [0.5, 0.6) is 5.75 Å². The topological polar surface area (TPSA) is 61.3 Å². The van der Waals surface area contributed by atoms with E-state index >= 15 is 0 Å². The van der Waals surface area contributed by atoms with Crippen LogP contribution in [0.2, 0.25) is 0 Å². The third kappa shape index (κ3) is 2.41. The average molecular weight is 256 g/mol. The van der Waals surface area contributed by atoms with E-state index in [1.54, 1.807) is 0 Å². The molecule has 100 valence electrons. The lowest BCUT2D eigenvalue weighted by Gasteiger charge is -2.27. The fourth-order valence-electron chi connectivity index (χ4n) is 2.45. The van der Waals surface area contributed by atoms with Gasteiger partial charge in [-0.1, -0.05) is 12.8 Å². The first kappa shape index (κ1) is 13.1. The molecule has 3 nitrogen and oxygen atoms in total. The van der Waals surface area contributed by atoms with Crippen LogP contribution < -0.4 is 16.2 Å². The fraction of sp³-hybridized carbons (Fsp3) is 0.538. The highest BCUT2D eigenvalue weighted by Gasteiger charge is 2.33. The third-order valence-electron chi connectivity index (χ3n) is 3.70. The first-order valence-electron chi connectivity index (χ1n) is 6.14. The number of halogens is 2. The van der Waals surface area contributed by atoms with E-state index < -0.39 is 11.6 Å². The lowest BCUT2D eigenvalue weighted by Crippen LogP contribution is -2.34. The Bertz CT molecular complexity index is 431. The molecule has 0 amide bonds. The van der Waals surface area contributed by atoms with Crippen molar-refractivity contribution in [2.75, 3.05) is 18.9 Å². The maximum absolute atomic E-state index is 13.6. The summed E-state index contributed by atoms with van der Waals surface area (Å²) in [5.74, 6) is -2.18. The minimum Gasteiger partial charge on any atom is -0.488 e. The van der Waals surface area contributed by atoms with Crippen molar-refractivity contribution in [2.24, 2.45) is 11.1 Å². The van der Waals surface area contributed by atoms with Gasteiger partial charge < -0.3 is 16.2 Å². The van der Waals surface area contributed by atoms with Crippen LogP contribution in [0.15, 0.2) is 12.1 Å². The smallest absolute Gasteiger partial charge is 0.202 e. The average Bonchev–Trinajstić information content (AvgIpc) is 2.84. The standard InChI is InChI=1S/C13H18F2N2O/c14-9-3-4-10(17)12(11(9)15)18-8-13(7-16)5-1-2-6-13/h3-4H,1-2,5-8,16-17H2. The molecule has 0 unspecified atom stereocenters. The largest absolute Gasteiger partial charge is 0.488 e. The summed E-state index contributed by atoms with van der Waals surface area (Å²) >= 11 is 0. The zero-order valence-corrected chi connectivity index (χ0v) is 10.2. The molecule has 0 spiro atoms. The summed E-state index contributed by atoms with van der Waals surface area (Å²) in [6.07, 6.45) is 4.12. The van der Waals surface area contributed by atoms with E-state index in [-0.39, 0.29) is 23.5 Å². The molecule has 5 heteroatoms. The summed E-state index contributed by atoms with van der Waals surface area (Å²) in [6.45, 7) is 0.776. The van der Waals surface area contributed by atoms with E-state index in [0.717, 1.165) is 31.7 Å². The van der Waals surface area contributed by atoms with E-state index in [2.05, 4.69) is 0 Å². The third-order valence-corrected chi connectivity index (χ3v) is 3.70. The van der Waals surface area contributed by atoms with Gasteiger partial charge in [0.15, 0.2) is 11.6 Å². The van der Waals surface area contributed by atoms with Gasteiger partial charge in [-0.2, -0.15) is 4.39 Å². The molecule has 4 N–H and O–H groups in total. The maximum atomic E-state index is 13.6. The van der Waals surface area contributed by atoms with Crippen molar-refractivity contribution in [2.45, 2.75) is 25.7 Å². The number of hydrogen-bond acceptors (Lipinski definition) is 3. The van der Waals surface area contributed by atoms with E-state index in [1.807, 2.05) is 0 Å². The molecule has 2 rings (SSSR count). The molecular formula is C13H18F2N2O. The van der Waals surface area contributed by atoms with Gasteiger partial charge in [-0.05, 0) is 25.0 Å². The molecule has 1 aliphatic carbocycles. The molecule has 0 bridgehead atoms. The summed E-state index contributed by atoms with van der Waals surface area (Å²) in [7, 11) is 0. The normalized spacial score (nSPS) is 17.9. The molecule has 1 aromatic carbocycles. The lowest BCUT2D eigenvalue weighted by molar-refractivity contribution is 0.152. The number of nitrogens with two attached hydrogens (primary N) is 2. The van der Waals surface area contributed by atoms with E-state index in [9.17, 15) is 8.78 Å². The summed E-state index contributed by atoms with van der Waals surface area (Å²) in [5.41, 5.74) is 11.3.